The first-order valence-corrected chi connectivity index (χ1v) is 12.1. The van der Waals surface area contributed by atoms with E-state index < -0.39 is 28.3 Å². The predicted molar refractivity (Wildman–Crippen MR) is 129 cm³/mol. The number of amides is 1. The Morgan fingerprint density at radius 3 is 2.56 bits per heavy atom. The fourth-order valence-corrected chi connectivity index (χ4v) is 4.79. The van der Waals surface area contributed by atoms with Crippen LogP contribution in [0.4, 0.5) is 10.1 Å². The first-order valence-electron chi connectivity index (χ1n) is 10.6. The highest BCUT2D eigenvalue weighted by atomic mass is 32.2. The molecular formula is C24H22FN3O7S. The minimum Gasteiger partial charge on any atom is -0.504 e. The van der Waals surface area contributed by atoms with Gasteiger partial charge in [-0.05, 0) is 60.2 Å². The molecule has 0 spiro atoms. The third kappa shape index (κ3) is 5.49. The van der Waals surface area contributed by atoms with E-state index in [1.54, 1.807) is 6.07 Å². The number of carbonyl (C=O) groups is 1. The number of phenols is 1. The zero-order valence-electron chi connectivity index (χ0n) is 19.0. The third-order valence-corrected chi connectivity index (χ3v) is 6.88. The number of carbonyl (C=O) groups excluding carboxylic acids is 1. The van der Waals surface area contributed by atoms with Crippen LogP contribution in [0, 0.1) is 5.82 Å². The standard InChI is InChI=1S/C24H22FN3O7S/c1-33-22-12-16(2-8-20(22)29)14-26-27-24(30)15-28(18-5-3-17(25)4-6-18)36(31,32)19-7-9-21-23(13-19)35-11-10-34-21/h2-9,12-14,29H,10-11,15H2,1H3,(H,27,30)/b26-14-. The van der Waals surface area contributed by atoms with Gasteiger partial charge in [0, 0.05) is 6.07 Å². The molecule has 4 rings (SSSR count). The summed E-state index contributed by atoms with van der Waals surface area (Å²) in [6, 6.07) is 13.3. The number of nitrogens with one attached hydrogen (secondary N) is 1. The summed E-state index contributed by atoms with van der Waals surface area (Å²) < 4.78 is 57.3. The Hall–Kier alpha value is -4.32. The second-order valence-electron chi connectivity index (χ2n) is 7.52. The predicted octanol–water partition coefficient (Wildman–Crippen LogP) is 2.66. The lowest BCUT2D eigenvalue weighted by Gasteiger charge is -2.25. The summed E-state index contributed by atoms with van der Waals surface area (Å²) >= 11 is 0. The molecule has 0 bridgehead atoms. The van der Waals surface area contributed by atoms with Gasteiger partial charge in [0.2, 0.25) is 0 Å². The summed E-state index contributed by atoms with van der Waals surface area (Å²) in [7, 11) is -2.88. The van der Waals surface area contributed by atoms with Crippen molar-refractivity contribution in [2.45, 2.75) is 4.90 Å². The van der Waals surface area contributed by atoms with Crippen molar-refractivity contribution in [3.63, 3.8) is 0 Å². The fourth-order valence-electron chi connectivity index (χ4n) is 3.35. The van der Waals surface area contributed by atoms with Crippen LogP contribution >= 0.6 is 0 Å². The molecular weight excluding hydrogens is 493 g/mol. The molecule has 3 aromatic rings. The normalized spacial score (nSPS) is 12.8. The topological polar surface area (TPSA) is 127 Å². The van der Waals surface area contributed by atoms with Crippen molar-refractivity contribution in [2.75, 3.05) is 31.2 Å². The zero-order valence-corrected chi connectivity index (χ0v) is 19.9. The molecule has 1 aliphatic rings. The molecule has 0 aromatic heterocycles. The van der Waals surface area contributed by atoms with Crippen LogP contribution in [0.2, 0.25) is 0 Å². The van der Waals surface area contributed by atoms with Crippen LogP contribution in [-0.4, -0.2) is 52.5 Å². The van der Waals surface area contributed by atoms with E-state index >= 15 is 0 Å². The molecule has 1 amide bonds. The number of ether oxygens (including phenoxy) is 3. The molecule has 1 aliphatic heterocycles. The number of rotatable bonds is 8. The van der Waals surface area contributed by atoms with Crippen LogP contribution in [0.15, 0.2) is 70.7 Å². The van der Waals surface area contributed by atoms with Crippen LogP contribution in [-0.2, 0) is 14.8 Å². The van der Waals surface area contributed by atoms with Crippen LogP contribution in [0.1, 0.15) is 5.56 Å². The van der Waals surface area contributed by atoms with Gasteiger partial charge >= 0.3 is 0 Å². The van der Waals surface area contributed by atoms with Crippen LogP contribution in [0.3, 0.4) is 0 Å². The van der Waals surface area contributed by atoms with Gasteiger partial charge in [0.15, 0.2) is 23.0 Å². The average Bonchev–Trinajstić information content (AvgIpc) is 2.88. The number of phenolic OH excluding ortho intramolecular Hbond substituents is 1. The minimum absolute atomic E-state index is 0.0574. The van der Waals surface area contributed by atoms with Crippen molar-refractivity contribution in [2.24, 2.45) is 5.10 Å². The first kappa shape index (κ1) is 24.8. The number of halogens is 1. The summed E-state index contributed by atoms with van der Waals surface area (Å²) in [4.78, 5) is 12.5. The lowest BCUT2D eigenvalue weighted by molar-refractivity contribution is -0.119. The van der Waals surface area contributed by atoms with Gasteiger partial charge in [0.05, 0.1) is 23.9 Å². The van der Waals surface area contributed by atoms with Gasteiger partial charge in [-0.25, -0.2) is 18.2 Å². The number of sulfonamides is 1. The molecule has 10 nitrogen and oxygen atoms in total. The summed E-state index contributed by atoms with van der Waals surface area (Å²) in [5.41, 5.74) is 2.87. The molecule has 0 radical (unpaired) electrons. The Kier molecular flexibility index (Phi) is 7.25. The number of hydrogen-bond donors (Lipinski definition) is 2. The molecule has 3 aromatic carbocycles. The van der Waals surface area contributed by atoms with E-state index in [9.17, 15) is 22.7 Å². The van der Waals surface area contributed by atoms with Gasteiger partial charge in [-0.2, -0.15) is 5.10 Å². The first-order chi connectivity index (χ1) is 17.3. The van der Waals surface area contributed by atoms with Crippen LogP contribution < -0.4 is 23.9 Å². The van der Waals surface area contributed by atoms with Gasteiger partial charge < -0.3 is 19.3 Å². The van der Waals surface area contributed by atoms with E-state index in [2.05, 4.69) is 10.5 Å². The van der Waals surface area contributed by atoms with E-state index in [4.69, 9.17) is 14.2 Å². The van der Waals surface area contributed by atoms with E-state index in [-0.39, 0.29) is 34.4 Å². The maximum absolute atomic E-state index is 13.5. The molecule has 0 fully saturated rings. The number of aromatic hydroxyl groups is 1. The van der Waals surface area contributed by atoms with Crippen LogP contribution in [0.25, 0.3) is 0 Å². The molecule has 0 saturated carbocycles. The molecule has 2 N–H and O–H groups in total. The van der Waals surface area contributed by atoms with Gasteiger partial charge in [0.25, 0.3) is 15.9 Å². The van der Waals surface area contributed by atoms with Crippen molar-refractivity contribution >= 4 is 27.8 Å². The monoisotopic (exact) mass is 515 g/mol. The highest BCUT2D eigenvalue weighted by Crippen LogP contribution is 2.34. The smallest absolute Gasteiger partial charge is 0.264 e. The van der Waals surface area contributed by atoms with E-state index in [0.29, 0.717) is 17.9 Å². The maximum atomic E-state index is 13.5. The van der Waals surface area contributed by atoms with E-state index in [1.165, 1.54) is 55.8 Å². The van der Waals surface area contributed by atoms with Gasteiger partial charge in [-0.15, -0.1) is 0 Å². The number of hydrogen-bond acceptors (Lipinski definition) is 8. The van der Waals surface area contributed by atoms with Gasteiger partial charge in [-0.3, -0.25) is 9.10 Å². The molecule has 0 aliphatic carbocycles. The SMILES string of the molecule is COc1cc(/C=N\NC(=O)CN(c2ccc(F)cc2)S(=O)(=O)c2ccc3c(c2)OCCO3)ccc1O. The number of anilines is 1. The van der Waals surface area contributed by atoms with Crippen molar-refractivity contribution < 1.29 is 36.9 Å². The highest BCUT2D eigenvalue weighted by Gasteiger charge is 2.29. The average molecular weight is 516 g/mol. The lowest BCUT2D eigenvalue weighted by atomic mass is 10.2. The molecule has 188 valence electrons. The number of methoxy groups -OCH3 is 1. The van der Waals surface area contributed by atoms with Gasteiger partial charge in [-0.1, -0.05) is 0 Å². The van der Waals surface area contributed by atoms with Crippen molar-refractivity contribution in [3.05, 3.63) is 72.0 Å². The fraction of sp³-hybridized carbons (Fsp3) is 0.167. The van der Waals surface area contributed by atoms with Crippen molar-refractivity contribution in [3.8, 4) is 23.0 Å². The highest BCUT2D eigenvalue weighted by molar-refractivity contribution is 7.92. The van der Waals surface area contributed by atoms with Crippen molar-refractivity contribution in [1.29, 1.82) is 0 Å². The Bertz CT molecular complexity index is 1400. The third-order valence-electron chi connectivity index (χ3n) is 5.11. The minimum atomic E-state index is -4.27. The Balaban J connectivity index is 1.57. The molecule has 1 heterocycles. The summed E-state index contributed by atoms with van der Waals surface area (Å²) in [6.45, 7) is -0.0252. The molecule has 36 heavy (non-hydrogen) atoms. The Morgan fingerprint density at radius 1 is 1.11 bits per heavy atom. The lowest BCUT2D eigenvalue weighted by Crippen LogP contribution is -2.39. The van der Waals surface area contributed by atoms with Crippen LogP contribution in [0.5, 0.6) is 23.0 Å². The molecule has 12 heteroatoms. The largest absolute Gasteiger partial charge is 0.504 e. The molecule has 0 unspecified atom stereocenters. The van der Waals surface area contributed by atoms with Gasteiger partial charge in [0.1, 0.15) is 25.6 Å². The van der Waals surface area contributed by atoms with E-state index in [1.807, 2.05) is 0 Å². The number of benzene rings is 3. The summed E-state index contributed by atoms with van der Waals surface area (Å²) in [6.07, 6.45) is 1.30. The number of fused-ring (bicyclic) bond motifs is 1. The second kappa shape index (κ2) is 10.5. The second-order valence-corrected chi connectivity index (χ2v) is 9.38. The van der Waals surface area contributed by atoms with Crippen molar-refractivity contribution in [1.82, 2.24) is 5.43 Å². The number of hydrazone groups is 1. The Morgan fingerprint density at radius 2 is 1.83 bits per heavy atom. The zero-order chi connectivity index (χ0) is 25.7. The molecule has 0 saturated heterocycles. The molecule has 0 atom stereocenters. The summed E-state index contributed by atoms with van der Waals surface area (Å²) in [5, 5.41) is 13.5. The van der Waals surface area contributed by atoms with E-state index in [0.717, 1.165) is 16.4 Å². The summed E-state index contributed by atoms with van der Waals surface area (Å²) in [5.74, 6) is -0.473. The maximum Gasteiger partial charge on any atom is 0.264 e. The Labute approximate surface area is 206 Å². The quantitative estimate of drug-likeness (QED) is 0.349. The number of nitrogens with zero attached hydrogens (tertiary/aromatic N) is 2.